The Morgan fingerprint density at radius 3 is 3.06 bits per heavy atom. The number of hydrogen-bond acceptors (Lipinski definition) is 2. The third-order valence-corrected chi connectivity index (χ3v) is 2.74. The minimum Gasteiger partial charge on any atom is -0.385 e. The van der Waals surface area contributed by atoms with Crippen LogP contribution in [0.1, 0.15) is 12.0 Å². The van der Waals surface area contributed by atoms with Crippen LogP contribution in [0.5, 0.6) is 0 Å². The second kappa shape index (κ2) is 5.48. The fourth-order valence-corrected chi connectivity index (χ4v) is 1.70. The zero-order valence-corrected chi connectivity index (χ0v) is 9.86. The van der Waals surface area contributed by atoms with E-state index in [1.807, 2.05) is 16.8 Å². The van der Waals surface area contributed by atoms with Gasteiger partial charge in [-0.25, -0.2) is 9.37 Å². The van der Waals surface area contributed by atoms with Crippen LogP contribution in [0.2, 0.25) is 0 Å². The van der Waals surface area contributed by atoms with Gasteiger partial charge in [0.1, 0.15) is 5.82 Å². The zero-order valence-electron chi connectivity index (χ0n) is 9.86. The summed E-state index contributed by atoms with van der Waals surface area (Å²) in [6, 6.07) is 5.10. The smallest absolute Gasteiger partial charge is 0.128 e. The lowest BCUT2D eigenvalue weighted by atomic mass is 10.2. The van der Waals surface area contributed by atoms with Crippen LogP contribution < -0.4 is 5.32 Å². The highest BCUT2D eigenvalue weighted by molar-refractivity contribution is 5.50. The summed E-state index contributed by atoms with van der Waals surface area (Å²) in [7, 11) is 0. The Morgan fingerprint density at radius 1 is 1.41 bits per heavy atom. The quantitative estimate of drug-likeness (QED) is 0.805. The van der Waals surface area contributed by atoms with Crippen LogP contribution in [0.4, 0.5) is 10.1 Å². The van der Waals surface area contributed by atoms with Crippen molar-refractivity contribution >= 4 is 5.69 Å². The topological polar surface area (TPSA) is 29.9 Å². The fourth-order valence-electron chi connectivity index (χ4n) is 1.70. The zero-order chi connectivity index (χ0) is 12.1. The molecule has 0 saturated heterocycles. The summed E-state index contributed by atoms with van der Waals surface area (Å²) >= 11 is 0. The van der Waals surface area contributed by atoms with Crippen molar-refractivity contribution in [1.82, 2.24) is 9.55 Å². The van der Waals surface area contributed by atoms with E-state index in [2.05, 4.69) is 10.3 Å². The number of aromatic nitrogens is 2. The Labute approximate surface area is 100 Å². The van der Waals surface area contributed by atoms with Crippen LogP contribution in [0.15, 0.2) is 36.9 Å². The molecule has 2 rings (SSSR count). The lowest BCUT2D eigenvalue weighted by Crippen LogP contribution is -2.07. The largest absolute Gasteiger partial charge is 0.385 e. The van der Waals surface area contributed by atoms with Gasteiger partial charge in [0.2, 0.25) is 0 Å². The van der Waals surface area contributed by atoms with E-state index in [-0.39, 0.29) is 5.82 Å². The van der Waals surface area contributed by atoms with Crippen LogP contribution in [0.25, 0.3) is 0 Å². The Morgan fingerprint density at radius 2 is 2.29 bits per heavy atom. The maximum Gasteiger partial charge on any atom is 0.128 e. The van der Waals surface area contributed by atoms with Gasteiger partial charge in [-0.2, -0.15) is 0 Å². The van der Waals surface area contributed by atoms with E-state index >= 15 is 0 Å². The molecule has 2 aromatic rings. The average molecular weight is 233 g/mol. The van der Waals surface area contributed by atoms with Gasteiger partial charge in [0.05, 0.1) is 6.33 Å². The Bertz CT molecular complexity index is 466. The van der Waals surface area contributed by atoms with E-state index in [4.69, 9.17) is 0 Å². The molecule has 1 N–H and O–H groups in total. The highest BCUT2D eigenvalue weighted by atomic mass is 19.1. The maximum atomic E-state index is 13.3. The van der Waals surface area contributed by atoms with Gasteiger partial charge in [-0.15, -0.1) is 0 Å². The third kappa shape index (κ3) is 3.06. The number of benzene rings is 1. The van der Waals surface area contributed by atoms with Crippen molar-refractivity contribution in [2.75, 3.05) is 11.9 Å². The third-order valence-electron chi connectivity index (χ3n) is 2.74. The number of nitrogens with one attached hydrogen (secondary N) is 1. The minimum atomic E-state index is -0.162. The molecule has 0 atom stereocenters. The number of imidazole rings is 1. The van der Waals surface area contributed by atoms with Gasteiger partial charge in [-0.1, -0.05) is 6.07 Å². The van der Waals surface area contributed by atoms with Crippen LogP contribution in [0, 0.1) is 12.7 Å². The summed E-state index contributed by atoms with van der Waals surface area (Å²) in [6.45, 7) is 3.53. The van der Waals surface area contributed by atoms with E-state index < -0.39 is 0 Å². The molecule has 0 aliphatic carbocycles. The van der Waals surface area contributed by atoms with Crippen molar-refractivity contribution in [3.05, 3.63) is 48.3 Å². The first-order valence-electron chi connectivity index (χ1n) is 5.72. The monoisotopic (exact) mass is 233 g/mol. The van der Waals surface area contributed by atoms with E-state index in [9.17, 15) is 4.39 Å². The Balaban J connectivity index is 1.80. The van der Waals surface area contributed by atoms with Crippen molar-refractivity contribution in [1.29, 1.82) is 0 Å². The molecule has 1 aromatic carbocycles. The van der Waals surface area contributed by atoms with Crippen molar-refractivity contribution in [2.24, 2.45) is 0 Å². The molecule has 0 aliphatic heterocycles. The average Bonchev–Trinajstić information content (AvgIpc) is 2.83. The van der Waals surface area contributed by atoms with Crippen LogP contribution >= 0.6 is 0 Å². The van der Waals surface area contributed by atoms with Crippen molar-refractivity contribution in [2.45, 2.75) is 19.9 Å². The molecular weight excluding hydrogens is 217 g/mol. The van der Waals surface area contributed by atoms with Crippen molar-refractivity contribution in [3.8, 4) is 0 Å². The number of aryl methyl sites for hydroxylation is 1. The Hall–Kier alpha value is -1.84. The summed E-state index contributed by atoms with van der Waals surface area (Å²) in [5.41, 5.74) is 1.55. The number of rotatable bonds is 5. The van der Waals surface area contributed by atoms with Gasteiger partial charge in [-0.3, -0.25) is 0 Å². The van der Waals surface area contributed by atoms with Crippen LogP contribution in [0.3, 0.4) is 0 Å². The van der Waals surface area contributed by atoms with Crippen LogP contribution in [-0.4, -0.2) is 16.1 Å². The molecule has 0 spiro atoms. The first-order valence-corrected chi connectivity index (χ1v) is 5.72. The lowest BCUT2D eigenvalue weighted by molar-refractivity contribution is 0.618. The van der Waals surface area contributed by atoms with Crippen molar-refractivity contribution in [3.63, 3.8) is 0 Å². The SMILES string of the molecule is Cc1c(F)cccc1NCCCn1ccnc1. The number of halogens is 1. The number of hydrogen-bond donors (Lipinski definition) is 1. The van der Waals surface area contributed by atoms with E-state index in [0.717, 1.165) is 25.2 Å². The van der Waals surface area contributed by atoms with E-state index in [1.54, 1.807) is 25.5 Å². The predicted octanol–water partition coefficient (Wildman–Crippen LogP) is 2.83. The normalized spacial score (nSPS) is 10.5. The maximum absolute atomic E-state index is 13.3. The van der Waals surface area contributed by atoms with Gasteiger partial charge >= 0.3 is 0 Å². The molecule has 0 amide bonds. The molecule has 4 heteroatoms. The number of anilines is 1. The molecule has 0 bridgehead atoms. The van der Waals surface area contributed by atoms with Gasteiger partial charge in [-0.05, 0) is 25.5 Å². The standard InChI is InChI=1S/C13H16FN3/c1-11-12(14)4-2-5-13(11)16-6-3-8-17-9-7-15-10-17/h2,4-5,7,9-10,16H,3,6,8H2,1H3. The van der Waals surface area contributed by atoms with Gasteiger partial charge < -0.3 is 9.88 Å². The molecule has 0 radical (unpaired) electrons. The van der Waals surface area contributed by atoms with Gasteiger partial charge in [0.15, 0.2) is 0 Å². The molecule has 3 nitrogen and oxygen atoms in total. The first-order chi connectivity index (χ1) is 8.27. The highest BCUT2D eigenvalue weighted by Crippen LogP contribution is 2.17. The van der Waals surface area contributed by atoms with Gasteiger partial charge in [0, 0.05) is 36.7 Å². The summed E-state index contributed by atoms with van der Waals surface area (Å²) in [4.78, 5) is 3.98. The van der Waals surface area contributed by atoms with E-state index in [1.165, 1.54) is 6.07 Å². The highest BCUT2D eigenvalue weighted by Gasteiger charge is 2.01. The first kappa shape index (κ1) is 11.6. The molecule has 0 fully saturated rings. The molecule has 1 aromatic heterocycles. The fraction of sp³-hybridized carbons (Fsp3) is 0.308. The Kier molecular flexibility index (Phi) is 3.75. The summed E-state index contributed by atoms with van der Waals surface area (Å²) in [5.74, 6) is -0.162. The van der Waals surface area contributed by atoms with Gasteiger partial charge in [0.25, 0.3) is 0 Å². The summed E-state index contributed by atoms with van der Waals surface area (Å²) < 4.78 is 15.3. The number of nitrogens with zero attached hydrogens (tertiary/aromatic N) is 2. The van der Waals surface area contributed by atoms with Crippen LogP contribution in [-0.2, 0) is 6.54 Å². The van der Waals surface area contributed by atoms with E-state index in [0.29, 0.717) is 5.56 Å². The lowest BCUT2D eigenvalue weighted by Gasteiger charge is -2.10. The second-order valence-electron chi connectivity index (χ2n) is 3.99. The summed E-state index contributed by atoms with van der Waals surface area (Å²) in [6.07, 6.45) is 6.48. The molecule has 1 heterocycles. The summed E-state index contributed by atoms with van der Waals surface area (Å²) in [5, 5.41) is 3.24. The molecule has 0 saturated carbocycles. The molecule has 17 heavy (non-hydrogen) atoms. The molecule has 0 unspecified atom stereocenters. The molecule has 0 aliphatic rings. The predicted molar refractivity (Wildman–Crippen MR) is 66.5 cm³/mol. The molecule has 90 valence electrons. The molecular formula is C13H16FN3. The minimum absolute atomic E-state index is 0.162. The second-order valence-corrected chi connectivity index (χ2v) is 3.99. The van der Waals surface area contributed by atoms with Crippen molar-refractivity contribution < 1.29 is 4.39 Å².